The number of hydrogen-bond donors (Lipinski definition) is 0. The van der Waals surface area contributed by atoms with Gasteiger partial charge in [-0.05, 0) is 19.8 Å². The minimum absolute atomic E-state index is 0.431. The zero-order valence-electron chi connectivity index (χ0n) is 14.7. The summed E-state index contributed by atoms with van der Waals surface area (Å²) in [4.78, 5) is 16.2. The van der Waals surface area contributed by atoms with Gasteiger partial charge in [0.2, 0.25) is 0 Å². The molecule has 2 bridgehead atoms. The highest BCUT2D eigenvalue weighted by Gasteiger charge is 2.41. The predicted molar refractivity (Wildman–Crippen MR) is 94.1 cm³/mol. The number of hydrogen-bond acceptors (Lipinski definition) is 5. The average Bonchev–Trinajstić information content (AvgIpc) is 3.13. The van der Waals surface area contributed by atoms with Crippen LogP contribution in [-0.4, -0.2) is 35.5 Å². The summed E-state index contributed by atoms with van der Waals surface area (Å²) in [7, 11) is 0. The maximum Gasteiger partial charge on any atom is 0.155 e. The second-order valence-corrected chi connectivity index (χ2v) is 7.20. The Bertz CT molecular complexity index is 929. The van der Waals surface area contributed by atoms with Crippen molar-refractivity contribution in [2.45, 2.75) is 58.2 Å². The van der Waals surface area contributed by atoms with Gasteiger partial charge in [0.25, 0.3) is 0 Å². The minimum atomic E-state index is 0.431. The summed E-state index contributed by atoms with van der Waals surface area (Å²) in [5.74, 6) is 0.913. The van der Waals surface area contributed by atoms with Crippen molar-refractivity contribution in [2.75, 3.05) is 0 Å². The first-order valence-electron chi connectivity index (χ1n) is 9.12. The van der Waals surface area contributed by atoms with E-state index in [9.17, 15) is 0 Å². The van der Waals surface area contributed by atoms with E-state index in [0.717, 1.165) is 36.6 Å². The van der Waals surface area contributed by atoms with Gasteiger partial charge in [-0.25, -0.2) is 19.5 Å². The highest BCUT2D eigenvalue weighted by atomic mass is 15.3. The van der Waals surface area contributed by atoms with Gasteiger partial charge in [0.15, 0.2) is 5.65 Å². The zero-order chi connectivity index (χ0) is 17.0. The Kier molecular flexibility index (Phi) is 3.35. The average molecular weight is 334 g/mol. The van der Waals surface area contributed by atoms with Crippen LogP contribution in [0.15, 0.2) is 24.7 Å². The van der Waals surface area contributed by atoms with Crippen LogP contribution in [0.4, 0.5) is 0 Å². The summed E-state index contributed by atoms with van der Waals surface area (Å²) in [6.45, 7) is 5.03. The Balaban J connectivity index is 1.49. The molecule has 0 radical (unpaired) electrons. The molecule has 6 heteroatoms. The molecule has 3 aromatic heterocycles. The summed E-state index contributed by atoms with van der Waals surface area (Å²) < 4.78 is 2.06. The molecule has 1 fully saturated rings. The van der Waals surface area contributed by atoms with Gasteiger partial charge in [0.05, 0.1) is 11.4 Å². The highest BCUT2D eigenvalue weighted by Crippen LogP contribution is 2.44. The normalized spacial score (nSPS) is 22.5. The van der Waals surface area contributed by atoms with Gasteiger partial charge in [-0.2, -0.15) is 5.10 Å². The largest absolute Gasteiger partial charge is 0.289 e. The lowest BCUT2D eigenvalue weighted by molar-refractivity contribution is 0.164. The zero-order valence-corrected chi connectivity index (χ0v) is 14.7. The Morgan fingerprint density at radius 2 is 1.96 bits per heavy atom. The van der Waals surface area contributed by atoms with Crippen LogP contribution >= 0.6 is 0 Å². The van der Waals surface area contributed by atoms with Crippen molar-refractivity contribution in [2.24, 2.45) is 0 Å². The molecule has 5 heterocycles. The molecule has 0 N–H and O–H groups in total. The van der Waals surface area contributed by atoms with Gasteiger partial charge < -0.3 is 0 Å². The van der Waals surface area contributed by atoms with Gasteiger partial charge in [-0.3, -0.25) is 4.90 Å². The molecule has 0 aliphatic carbocycles. The monoisotopic (exact) mass is 334 g/mol. The topological polar surface area (TPSA) is 59.2 Å². The molecule has 128 valence electrons. The molecule has 2 atom stereocenters. The van der Waals surface area contributed by atoms with E-state index in [-0.39, 0.29) is 0 Å². The van der Waals surface area contributed by atoms with Crippen molar-refractivity contribution in [3.8, 4) is 0 Å². The van der Waals surface area contributed by atoms with Gasteiger partial charge in [-0.15, -0.1) is 0 Å². The maximum atomic E-state index is 4.67. The molecule has 0 aromatic carbocycles. The van der Waals surface area contributed by atoms with Gasteiger partial charge in [-0.1, -0.05) is 6.92 Å². The van der Waals surface area contributed by atoms with Gasteiger partial charge in [0, 0.05) is 67.3 Å². The third kappa shape index (κ3) is 2.35. The lowest BCUT2D eigenvalue weighted by Gasteiger charge is -2.36. The van der Waals surface area contributed by atoms with E-state index in [1.807, 2.05) is 19.3 Å². The molecule has 0 spiro atoms. The van der Waals surface area contributed by atoms with E-state index in [1.54, 1.807) is 0 Å². The van der Waals surface area contributed by atoms with Crippen LogP contribution < -0.4 is 0 Å². The molecule has 25 heavy (non-hydrogen) atoms. The van der Waals surface area contributed by atoms with E-state index in [1.165, 1.54) is 29.7 Å². The van der Waals surface area contributed by atoms with Crippen LogP contribution in [0, 0.1) is 6.92 Å². The van der Waals surface area contributed by atoms with Crippen molar-refractivity contribution in [1.82, 2.24) is 29.5 Å². The van der Waals surface area contributed by atoms with Crippen LogP contribution in [0.1, 0.15) is 54.1 Å². The van der Waals surface area contributed by atoms with E-state index in [2.05, 4.69) is 48.7 Å². The molecule has 3 aromatic rings. The summed E-state index contributed by atoms with van der Waals surface area (Å²) in [5, 5.41) is 4.67. The molecule has 2 aliphatic rings. The highest BCUT2D eigenvalue weighted by molar-refractivity contribution is 5.44. The van der Waals surface area contributed by atoms with E-state index in [4.69, 9.17) is 0 Å². The second kappa shape index (κ2) is 5.59. The van der Waals surface area contributed by atoms with E-state index >= 15 is 0 Å². The number of fused-ring (bicyclic) bond motifs is 6. The molecule has 6 nitrogen and oxygen atoms in total. The second-order valence-electron chi connectivity index (χ2n) is 7.20. The third-order valence-electron chi connectivity index (χ3n) is 5.61. The first kappa shape index (κ1) is 15.0. The third-order valence-corrected chi connectivity index (χ3v) is 5.61. The lowest BCUT2D eigenvalue weighted by atomic mass is 9.98. The molecule has 0 unspecified atom stereocenters. The van der Waals surface area contributed by atoms with Crippen molar-refractivity contribution in [1.29, 1.82) is 0 Å². The fourth-order valence-electron chi connectivity index (χ4n) is 4.40. The molecule has 1 saturated heterocycles. The van der Waals surface area contributed by atoms with Crippen LogP contribution in [0.2, 0.25) is 0 Å². The Labute approximate surface area is 146 Å². The van der Waals surface area contributed by atoms with Crippen molar-refractivity contribution < 1.29 is 0 Å². The fraction of sp³-hybridized carbons (Fsp3) is 0.474. The van der Waals surface area contributed by atoms with E-state index < -0.39 is 0 Å². The smallest absolute Gasteiger partial charge is 0.155 e. The quantitative estimate of drug-likeness (QED) is 0.737. The van der Waals surface area contributed by atoms with Crippen molar-refractivity contribution >= 4 is 5.65 Å². The first-order chi connectivity index (χ1) is 12.2. The van der Waals surface area contributed by atoms with Crippen molar-refractivity contribution in [3.05, 3.63) is 53.0 Å². The van der Waals surface area contributed by atoms with Gasteiger partial charge >= 0.3 is 0 Å². The number of nitrogens with zero attached hydrogens (tertiary/aromatic N) is 6. The Morgan fingerprint density at radius 1 is 1.12 bits per heavy atom. The summed E-state index contributed by atoms with van der Waals surface area (Å²) >= 11 is 0. The van der Waals surface area contributed by atoms with Crippen LogP contribution in [0.3, 0.4) is 0 Å². The summed E-state index contributed by atoms with van der Waals surface area (Å²) in [6, 6.07) is 3.06. The Morgan fingerprint density at radius 3 is 2.76 bits per heavy atom. The molecular weight excluding hydrogens is 312 g/mol. The van der Waals surface area contributed by atoms with E-state index in [0.29, 0.717) is 12.1 Å². The number of aryl methyl sites for hydroxylation is 2. The van der Waals surface area contributed by atoms with Crippen LogP contribution in [0.25, 0.3) is 5.65 Å². The van der Waals surface area contributed by atoms with Crippen molar-refractivity contribution in [3.63, 3.8) is 0 Å². The minimum Gasteiger partial charge on any atom is -0.289 e. The number of rotatable bonds is 3. The Hall–Kier alpha value is -2.34. The molecule has 0 saturated carbocycles. The predicted octanol–water partition coefficient (Wildman–Crippen LogP) is 2.65. The standard InChI is InChI=1S/C19H22N6/c1-3-18-20-8-13(9-21-18)11-24-14-4-5-16(24)15-10-22-19-6-12(2)23-25(19)17(15)7-14/h6,8-10,14,16H,3-5,7,11H2,1-2H3/t14-,16+/m0/s1. The first-order valence-corrected chi connectivity index (χ1v) is 9.12. The van der Waals surface area contributed by atoms with Gasteiger partial charge in [0.1, 0.15) is 5.82 Å². The molecule has 2 aliphatic heterocycles. The van der Waals surface area contributed by atoms with Crippen LogP contribution in [0.5, 0.6) is 0 Å². The van der Waals surface area contributed by atoms with Crippen LogP contribution in [-0.2, 0) is 19.4 Å². The maximum absolute atomic E-state index is 4.67. The molecular formula is C19H22N6. The fourth-order valence-corrected chi connectivity index (χ4v) is 4.40. The molecule has 5 rings (SSSR count). The summed E-state index contributed by atoms with van der Waals surface area (Å²) in [5.41, 5.74) is 5.88. The molecule has 0 amide bonds. The lowest BCUT2D eigenvalue weighted by Crippen LogP contribution is -2.38. The SMILES string of the molecule is CCc1ncc(CN2[C@H]3CC[C@@H]2c2cnc4cc(C)nn4c2C3)cn1. The number of aromatic nitrogens is 5. The summed E-state index contributed by atoms with van der Waals surface area (Å²) in [6.07, 6.45) is 10.4.